The lowest BCUT2D eigenvalue weighted by Gasteiger charge is -2.15. The highest BCUT2D eigenvalue weighted by atomic mass is 35.5. The summed E-state index contributed by atoms with van der Waals surface area (Å²) < 4.78 is 44.3. The number of methoxy groups -OCH3 is 1. The number of nitrogens with one attached hydrogen (secondary N) is 2. The average Bonchev–Trinajstić information content (AvgIpc) is 3.56. The van der Waals surface area contributed by atoms with Crippen molar-refractivity contribution in [2.45, 2.75) is 19.6 Å². The molecule has 41 heavy (non-hydrogen) atoms. The first-order chi connectivity index (χ1) is 19.4. The Balaban J connectivity index is 1.71. The smallest absolute Gasteiger partial charge is 0.455 e. The molecule has 0 radical (unpaired) electrons. The van der Waals surface area contributed by atoms with Crippen LogP contribution < -0.4 is 10.6 Å². The number of alkyl halides is 3. The van der Waals surface area contributed by atoms with E-state index in [2.05, 4.69) is 40.9 Å². The molecule has 3 heterocycles. The molecule has 0 unspecified atom stereocenters. The minimum Gasteiger partial charge on any atom is -0.468 e. The van der Waals surface area contributed by atoms with E-state index in [1.165, 1.54) is 30.5 Å². The van der Waals surface area contributed by atoms with Gasteiger partial charge in [-0.3, -0.25) is 14.4 Å². The number of tetrazole rings is 1. The van der Waals surface area contributed by atoms with E-state index in [0.717, 1.165) is 11.8 Å². The summed E-state index contributed by atoms with van der Waals surface area (Å²) in [5.41, 5.74) is 0.332. The van der Waals surface area contributed by atoms with Crippen LogP contribution in [-0.4, -0.2) is 66.4 Å². The summed E-state index contributed by atoms with van der Waals surface area (Å²) in [7, 11) is 1.16. The maximum absolute atomic E-state index is 13.6. The summed E-state index contributed by atoms with van der Waals surface area (Å²) in [4.78, 5) is 42.7. The fraction of sp³-hybridized carbons (Fsp3) is 0.217. The van der Waals surface area contributed by atoms with Crippen molar-refractivity contribution in [3.05, 3.63) is 74.9 Å². The number of carbonyl (C=O) groups is 3. The van der Waals surface area contributed by atoms with E-state index in [9.17, 15) is 27.6 Å². The number of amides is 2. The first kappa shape index (κ1) is 29.4. The standard InChI is InChI=1S/C23H18Cl2F3N9O4/c1-11-6-12(24)7-14(20(39)30-9-17(38)41-2)18(11)31-21(40)16-8-13(10-36-34-22(32-35-36)23(26,27)28)33-37(16)19-15(25)4-3-5-29-19/h3-8H,9-10H2,1-2H3,(H,30,39)(H,31,40). The third kappa shape index (κ3) is 6.78. The molecule has 0 aliphatic rings. The normalized spacial score (nSPS) is 11.3. The molecule has 0 bridgehead atoms. The Morgan fingerprint density at radius 1 is 1.10 bits per heavy atom. The number of pyridine rings is 1. The molecule has 0 saturated carbocycles. The Morgan fingerprint density at radius 2 is 1.85 bits per heavy atom. The molecule has 2 amide bonds. The topological polar surface area (TPSA) is 159 Å². The minimum absolute atomic E-state index is 0.0389. The lowest BCUT2D eigenvalue weighted by Crippen LogP contribution is -2.31. The molecule has 18 heteroatoms. The zero-order chi connectivity index (χ0) is 29.9. The van der Waals surface area contributed by atoms with Crippen molar-refractivity contribution >= 4 is 46.7 Å². The number of halogens is 5. The average molecular weight is 612 g/mol. The molecule has 0 saturated heterocycles. The van der Waals surface area contributed by atoms with Crippen LogP contribution in [0.1, 0.15) is 37.9 Å². The molecular formula is C23H18Cl2F3N9O4. The van der Waals surface area contributed by atoms with Crippen LogP contribution in [0.2, 0.25) is 10.0 Å². The van der Waals surface area contributed by atoms with Crippen molar-refractivity contribution in [1.82, 2.24) is 40.3 Å². The fourth-order valence-electron chi connectivity index (χ4n) is 3.52. The van der Waals surface area contributed by atoms with Gasteiger partial charge in [0.1, 0.15) is 18.8 Å². The number of aryl methyl sites for hydroxylation is 1. The van der Waals surface area contributed by atoms with Gasteiger partial charge in [-0.05, 0) is 48.0 Å². The van der Waals surface area contributed by atoms with E-state index in [1.807, 2.05) is 0 Å². The van der Waals surface area contributed by atoms with Crippen molar-refractivity contribution in [2.75, 3.05) is 19.0 Å². The number of aromatic nitrogens is 7. The van der Waals surface area contributed by atoms with Crippen LogP contribution in [0.25, 0.3) is 5.82 Å². The maximum atomic E-state index is 13.6. The fourth-order valence-corrected chi connectivity index (χ4v) is 3.99. The summed E-state index contributed by atoms with van der Waals surface area (Å²) in [6.45, 7) is 0.766. The van der Waals surface area contributed by atoms with Gasteiger partial charge in [-0.25, -0.2) is 9.67 Å². The highest BCUT2D eigenvalue weighted by Gasteiger charge is 2.37. The number of benzene rings is 1. The van der Waals surface area contributed by atoms with Crippen LogP contribution in [0, 0.1) is 6.92 Å². The van der Waals surface area contributed by atoms with E-state index in [4.69, 9.17) is 23.2 Å². The van der Waals surface area contributed by atoms with Crippen LogP contribution in [-0.2, 0) is 22.3 Å². The van der Waals surface area contributed by atoms with Crippen LogP contribution in [0.3, 0.4) is 0 Å². The number of hydrogen-bond donors (Lipinski definition) is 2. The SMILES string of the molecule is COC(=O)CNC(=O)c1cc(Cl)cc(C)c1NC(=O)c1cc(Cn2nnc(C(F)(F)F)n2)nn1-c1ncccc1Cl. The zero-order valence-electron chi connectivity index (χ0n) is 21.0. The molecule has 0 aliphatic carbocycles. The second-order valence-electron chi connectivity index (χ2n) is 8.24. The highest BCUT2D eigenvalue weighted by Crippen LogP contribution is 2.28. The Hall–Kier alpha value is -4.57. The van der Waals surface area contributed by atoms with Gasteiger partial charge >= 0.3 is 12.1 Å². The van der Waals surface area contributed by atoms with E-state index < -0.39 is 36.3 Å². The molecule has 214 valence electrons. The summed E-state index contributed by atoms with van der Waals surface area (Å²) in [5, 5.41) is 19.2. The Morgan fingerprint density at radius 3 is 2.51 bits per heavy atom. The van der Waals surface area contributed by atoms with Gasteiger partial charge in [-0.2, -0.15) is 23.1 Å². The minimum atomic E-state index is -4.80. The van der Waals surface area contributed by atoms with Crippen molar-refractivity contribution in [1.29, 1.82) is 0 Å². The Kier molecular flexibility index (Phi) is 8.53. The van der Waals surface area contributed by atoms with Crippen molar-refractivity contribution in [3.63, 3.8) is 0 Å². The van der Waals surface area contributed by atoms with Crippen molar-refractivity contribution < 1.29 is 32.3 Å². The van der Waals surface area contributed by atoms with E-state index in [1.54, 1.807) is 13.0 Å². The van der Waals surface area contributed by atoms with Crippen LogP contribution >= 0.6 is 23.2 Å². The third-order valence-corrected chi connectivity index (χ3v) is 5.86. The number of rotatable bonds is 8. The van der Waals surface area contributed by atoms with Gasteiger partial charge in [-0.1, -0.05) is 23.2 Å². The molecule has 4 aromatic rings. The lowest BCUT2D eigenvalue weighted by atomic mass is 10.1. The second-order valence-corrected chi connectivity index (χ2v) is 9.08. The summed E-state index contributed by atoms with van der Waals surface area (Å²) >= 11 is 12.4. The maximum Gasteiger partial charge on any atom is 0.455 e. The number of nitrogens with zero attached hydrogens (tertiary/aromatic N) is 7. The van der Waals surface area contributed by atoms with Crippen molar-refractivity contribution in [2.24, 2.45) is 0 Å². The lowest BCUT2D eigenvalue weighted by molar-refractivity contribution is -0.145. The number of hydrogen-bond acceptors (Lipinski definition) is 9. The predicted octanol–water partition coefficient (Wildman–Crippen LogP) is 3.09. The molecule has 3 aromatic heterocycles. The Labute approximate surface area is 238 Å². The monoisotopic (exact) mass is 611 g/mol. The van der Waals surface area contributed by atoms with Crippen molar-refractivity contribution in [3.8, 4) is 5.82 Å². The number of anilines is 1. The number of carbonyl (C=O) groups excluding carboxylic acids is 3. The molecule has 4 rings (SSSR count). The highest BCUT2D eigenvalue weighted by molar-refractivity contribution is 6.32. The van der Waals surface area contributed by atoms with Gasteiger partial charge in [0, 0.05) is 11.2 Å². The molecule has 0 atom stereocenters. The van der Waals surface area contributed by atoms with Gasteiger partial charge in [0.2, 0.25) is 0 Å². The first-order valence-corrected chi connectivity index (χ1v) is 12.1. The number of esters is 1. The van der Waals surface area contributed by atoms with Gasteiger partial charge in [0.25, 0.3) is 17.6 Å². The number of ether oxygens (including phenoxy) is 1. The van der Waals surface area contributed by atoms with Gasteiger partial charge in [0.15, 0.2) is 5.82 Å². The van der Waals surface area contributed by atoms with Crippen LogP contribution in [0.15, 0.2) is 36.5 Å². The molecule has 0 aliphatic heterocycles. The summed E-state index contributed by atoms with van der Waals surface area (Å²) in [6, 6.07) is 7.10. The molecule has 0 spiro atoms. The van der Waals surface area contributed by atoms with Crippen LogP contribution in [0.5, 0.6) is 0 Å². The first-order valence-electron chi connectivity index (χ1n) is 11.4. The van der Waals surface area contributed by atoms with E-state index in [0.29, 0.717) is 10.4 Å². The third-order valence-electron chi connectivity index (χ3n) is 5.35. The predicted molar refractivity (Wildman–Crippen MR) is 137 cm³/mol. The van der Waals surface area contributed by atoms with Crippen LogP contribution in [0.4, 0.5) is 18.9 Å². The second kappa shape index (κ2) is 11.9. The Bertz CT molecular complexity index is 1640. The summed E-state index contributed by atoms with van der Waals surface area (Å²) in [5.74, 6) is -3.62. The van der Waals surface area contributed by atoms with Gasteiger partial charge in [-0.15, -0.1) is 10.2 Å². The van der Waals surface area contributed by atoms with E-state index in [-0.39, 0.29) is 45.0 Å². The quantitative estimate of drug-likeness (QED) is 0.285. The van der Waals surface area contributed by atoms with E-state index >= 15 is 0 Å². The molecule has 0 fully saturated rings. The van der Waals surface area contributed by atoms with Gasteiger partial charge < -0.3 is 15.4 Å². The summed E-state index contributed by atoms with van der Waals surface area (Å²) in [6.07, 6.45) is -3.41. The van der Waals surface area contributed by atoms with Gasteiger partial charge in [0.05, 0.1) is 29.1 Å². The molecule has 13 nitrogen and oxygen atoms in total. The largest absolute Gasteiger partial charge is 0.468 e. The molecule has 1 aromatic carbocycles. The zero-order valence-corrected chi connectivity index (χ0v) is 22.5. The molecular weight excluding hydrogens is 594 g/mol. The molecule has 2 N–H and O–H groups in total.